The molecule has 2 aliphatic rings. The van der Waals surface area contributed by atoms with Crippen molar-refractivity contribution in [2.24, 2.45) is 11.8 Å². The number of benzene rings is 1. The quantitative estimate of drug-likeness (QED) is 0.797. The van der Waals surface area contributed by atoms with Crippen molar-refractivity contribution in [1.29, 1.82) is 0 Å². The molecule has 1 saturated carbocycles. The third-order valence-electron chi connectivity index (χ3n) is 5.24. The van der Waals surface area contributed by atoms with Crippen LogP contribution in [-0.2, 0) is 27.1 Å². The van der Waals surface area contributed by atoms with Gasteiger partial charge in [0.1, 0.15) is 0 Å². The zero-order valence-electron chi connectivity index (χ0n) is 14.7. The first-order valence-electron chi connectivity index (χ1n) is 9.05. The molecule has 0 radical (unpaired) electrons. The molecule has 3 amide bonds. The summed E-state index contributed by atoms with van der Waals surface area (Å²) >= 11 is 0. The maximum absolute atomic E-state index is 12.7. The molecule has 0 unspecified atom stereocenters. The molecule has 1 aliphatic heterocycles. The molecule has 1 heterocycles. The molecule has 2 fully saturated rings. The van der Waals surface area contributed by atoms with Gasteiger partial charge in [-0.3, -0.25) is 19.3 Å². The largest absolute Gasteiger partial charge is 0.416 e. The molecule has 146 valence electrons. The number of alkyl halides is 3. The first-order chi connectivity index (χ1) is 12.8. The van der Waals surface area contributed by atoms with Gasteiger partial charge in [-0.15, -0.1) is 0 Å². The van der Waals surface area contributed by atoms with Gasteiger partial charge >= 0.3 is 6.18 Å². The first kappa shape index (κ1) is 19.4. The van der Waals surface area contributed by atoms with Crippen LogP contribution < -0.4 is 5.32 Å². The third-order valence-corrected chi connectivity index (χ3v) is 5.24. The average Bonchev–Trinajstić information content (AvgIpc) is 2.89. The van der Waals surface area contributed by atoms with Crippen molar-refractivity contribution in [3.63, 3.8) is 0 Å². The lowest BCUT2D eigenvalue weighted by Gasteiger charge is -2.19. The zero-order chi connectivity index (χ0) is 19.6. The zero-order valence-corrected chi connectivity index (χ0v) is 14.7. The predicted octanol–water partition coefficient (Wildman–Crippen LogP) is 2.89. The summed E-state index contributed by atoms with van der Waals surface area (Å²) in [6, 6.07) is 4.73. The van der Waals surface area contributed by atoms with Crippen LogP contribution in [0.1, 0.15) is 43.2 Å². The van der Waals surface area contributed by atoms with Gasteiger partial charge in [0.05, 0.1) is 17.4 Å². The Bertz CT molecular complexity index is 724. The topological polar surface area (TPSA) is 66.5 Å². The molecule has 1 aromatic rings. The normalized spacial score (nSPS) is 22.7. The van der Waals surface area contributed by atoms with E-state index in [0.717, 1.165) is 25.0 Å². The molecule has 0 aromatic heterocycles. The maximum Gasteiger partial charge on any atom is 0.416 e. The van der Waals surface area contributed by atoms with Crippen molar-refractivity contribution in [2.45, 2.75) is 44.8 Å². The lowest BCUT2D eigenvalue weighted by Crippen LogP contribution is -2.35. The lowest BCUT2D eigenvalue weighted by molar-refractivity contribution is -0.140. The Balaban J connectivity index is 1.50. The van der Waals surface area contributed by atoms with E-state index < -0.39 is 17.6 Å². The molecule has 1 saturated heterocycles. The van der Waals surface area contributed by atoms with Crippen LogP contribution in [0.4, 0.5) is 13.2 Å². The van der Waals surface area contributed by atoms with Crippen LogP contribution in [0.15, 0.2) is 24.3 Å². The summed E-state index contributed by atoms with van der Waals surface area (Å²) in [5.41, 5.74) is -0.442. The Morgan fingerprint density at radius 1 is 1.11 bits per heavy atom. The Labute approximate surface area is 154 Å². The Kier molecular flexibility index (Phi) is 5.53. The number of carbonyl (C=O) groups excluding carboxylic acids is 3. The van der Waals surface area contributed by atoms with Crippen LogP contribution in [-0.4, -0.2) is 29.2 Å². The van der Waals surface area contributed by atoms with E-state index >= 15 is 0 Å². The van der Waals surface area contributed by atoms with Gasteiger partial charge in [-0.25, -0.2) is 0 Å². The van der Waals surface area contributed by atoms with Gasteiger partial charge in [0, 0.05) is 19.5 Å². The highest BCUT2D eigenvalue weighted by Crippen LogP contribution is 2.38. The van der Waals surface area contributed by atoms with Crippen molar-refractivity contribution in [3.8, 4) is 0 Å². The number of nitrogens with zero attached hydrogens (tertiary/aromatic N) is 1. The van der Waals surface area contributed by atoms with E-state index in [2.05, 4.69) is 5.32 Å². The van der Waals surface area contributed by atoms with Gasteiger partial charge in [-0.2, -0.15) is 13.2 Å². The second-order valence-electron chi connectivity index (χ2n) is 7.05. The van der Waals surface area contributed by atoms with Gasteiger partial charge in [-0.1, -0.05) is 25.0 Å². The van der Waals surface area contributed by atoms with Gasteiger partial charge in [-0.05, 0) is 30.5 Å². The van der Waals surface area contributed by atoms with Crippen LogP contribution >= 0.6 is 0 Å². The molecular formula is C19H21F3N2O3. The third kappa shape index (κ3) is 4.31. The van der Waals surface area contributed by atoms with Crippen molar-refractivity contribution < 1.29 is 27.6 Å². The SMILES string of the molecule is O=C(CCN1C(=O)[C@H]2CCCC[C@@H]2C1=O)NCc1cccc(C(F)(F)F)c1. The highest BCUT2D eigenvalue weighted by Gasteiger charge is 2.47. The summed E-state index contributed by atoms with van der Waals surface area (Å²) in [6.07, 6.45) is -1.19. The standard InChI is InChI=1S/C19H21F3N2O3/c20-19(21,22)13-5-3-4-12(10-13)11-23-16(25)8-9-24-17(26)14-6-1-2-7-15(14)18(24)27/h3-5,10,14-15H,1-2,6-9,11H2,(H,23,25)/t14-,15-/m0/s1. The van der Waals surface area contributed by atoms with Crippen LogP contribution in [0.25, 0.3) is 0 Å². The van der Waals surface area contributed by atoms with Crippen molar-refractivity contribution in [2.75, 3.05) is 6.54 Å². The van der Waals surface area contributed by atoms with Crippen LogP contribution in [0.2, 0.25) is 0 Å². The minimum atomic E-state index is -4.44. The van der Waals surface area contributed by atoms with Gasteiger partial charge in [0.2, 0.25) is 17.7 Å². The Hall–Kier alpha value is -2.38. The van der Waals surface area contributed by atoms with E-state index in [1.807, 2.05) is 0 Å². The second kappa shape index (κ2) is 7.70. The molecule has 1 aromatic carbocycles. The Morgan fingerprint density at radius 2 is 1.74 bits per heavy atom. The molecule has 27 heavy (non-hydrogen) atoms. The minimum Gasteiger partial charge on any atom is -0.352 e. The second-order valence-corrected chi connectivity index (χ2v) is 7.05. The van der Waals surface area contributed by atoms with Crippen LogP contribution in [0, 0.1) is 11.8 Å². The van der Waals surface area contributed by atoms with E-state index in [4.69, 9.17) is 0 Å². The summed E-state index contributed by atoms with van der Waals surface area (Å²) in [7, 11) is 0. The highest BCUT2D eigenvalue weighted by atomic mass is 19.4. The molecule has 5 nitrogen and oxygen atoms in total. The fraction of sp³-hybridized carbons (Fsp3) is 0.526. The van der Waals surface area contributed by atoms with E-state index in [-0.39, 0.29) is 43.2 Å². The fourth-order valence-electron chi connectivity index (χ4n) is 3.81. The van der Waals surface area contributed by atoms with Crippen LogP contribution in [0.3, 0.4) is 0 Å². The fourth-order valence-corrected chi connectivity index (χ4v) is 3.81. The van der Waals surface area contributed by atoms with Gasteiger partial charge < -0.3 is 5.32 Å². The number of imide groups is 1. The van der Waals surface area contributed by atoms with Gasteiger partial charge in [0.25, 0.3) is 0 Å². The van der Waals surface area contributed by atoms with E-state index in [1.54, 1.807) is 0 Å². The number of hydrogen-bond donors (Lipinski definition) is 1. The summed E-state index contributed by atoms with van der Waals surface area (Å²) in [5, 5.41) is 2.54. The van der Waals surface area contributed by atoms with E-state index in [1.165, 1.54) is 17.0 Å². The smallest absolute Gasteiger partial charge is 0.352 e. The van der Waals surface area contributed by atoms with Gasteiger partial charge in [0.15, 0.2) is 0 Å². The molecule has 0 spiro atoms. The number of carbonyl (C=O) groups is 3. The molecule has 2 atom stereocenters. The number of nitrogens with one attached hydrogen (secondary N) is 1. The van der Waals surface area contributed by atoms with Crippen molar-refractivity contribution >= 4 is 17.7 Å². The lowest BCUT2D eigenvalue weighted by atomic mass is 9.81. The first-order valence-corrected chi connectivity index (χ1v) is 9.05. The number of halogens is 3. The monoisotopic (exact) mass is 382 g/mol. The van der Waals surface area contributed by atoms with Crippen molar-refractivity contribution in [1.82, 2.24) is 10.2 Å². The Morgan fingerprint density at radius 3 is 2.33 bits per heavy atom. The van der Waals surface area contributed by atoms with Crippen molar-refractivity contribution in [3.05, 3.63) is 35.4 Å². The highest BCUT2D eigenvalue weighted by molar-refractivity contribution is 6.05. The molecule has 1 aliphatic carbocycles. The van der Waals surface area contributed by atoms with E-state index in [9.17, 15) is 27.6 Å². The maximum atomic E-state index is 12.7. The van der Waals surface area contributed by atoms with E-state index in [0.29, 0.717) is 18.4 Å². The molecule has 1 N–H and O–H groups in total. The molecule has 3 rings (SSSR count). The van der Waals surface area contributed by atoms with Crippen LogP contribution in [0.5, 0.6) is 0 Å². The number of likely N-dealkylation sites (tertiary alicyclic amines) is 1. The summed E-state index contributed by atoms with van der Waals surface area (Å²) in [4.78, 5) is 37.9. The summed E-state index contributed by atoms with van der Waals surface area (Å²) < 4.78 is 38.1. The number of amides is 3. The molecule has 0 bridgehead atoms. The summed E-state index contributed by atoms with van der Waals surface area (Å²) in [5.74, 6) is -1.31. The summed E-state index contributed by atoms with van der Waals surface area (Å²) in [6.45, 7) is -0.0328. The minimum absolute atomic E-state index is 0.0130. The number of rotatable bonds is 5. The number of hydrogen-bond acceptors (Lipinski definition) is 3. The number of fused-ring (bicyclic) bond motifs is 1. The average molecular weight is 382 g/mol. The molecular weight excluding hydrogens is 361 g/mol. The molecule has 8 heteroatoms. The predicted molar refractivity (Wildman–Crippen MR) is 90.1 cm³/mol.